The summed E-state index contributed by atoms with van der Waals surface area (Å²) in [6, 6.07) is 0. The van der Waals surface area contributed by atoms with E-state index >= 15 is 0 Å². The lowest BCUT2D eigenvalue weighted by molar-refractivity contribution is 0.337. The molecule has 2 heteroatoms. The van der Waals surface area contributed by atoms with E-state index in [2.05, 4.69) is 32.6 Å². The van der Waals surface area contributed by atoms with E-state index in [4.69, 9.17) is 0 Å². The summed E-state index contributed by atoms with van der Waals surface area (Å²) in [5, 5.41) is 10.5. The second-order valence-electron chi connectivity index (χ2n) is 4.63. The Labute approximate surface area is 83.9 Å². The number of aliphatic hydroxyl groups is 1. The van der Waals surface area contributed by atoms with Crippen LogP contribution in [0.5, 0.6) is 0 Å². The Kier molecular flexibility index (Phi) is 6.34. The fourth-order valence-electron chi connectivity index (χ4n) is 1.28. The van der Waals surface area contributed by atoms with Crippen molar-refractivity contribution in [3.05, 3.63) is 11.3 Å². The molecule has 13 heavy (non-hydrogen) atoms. The summed E-state index contributed by atoms with van der Waals surface area (Å²) in [5.74, 6) is 0. The van der Waals surface area contributed by atoms with Gasteiger partial charge >= 0.3 is 0 Å². The molecular formula is C11H24OSi. The van der Waals surface area contributed by atoms with Crippen LogP contribution >= 0.6 is 0 Å². The highest BCUT2D eigenvalue weighted by Crippen LogP contribution is 2.15. The molecule has 0 bridgehead atoms. The highest BCUT2D eigenvalue weighted by molar-refractivity contribution is 6.83. The van der Waals surface area contributed by atoms with Crippen molar-refractivity contribution in [2.45, 2.75) is 52.2 Å². The van der Waals surface area contributed by atoms with Crippen molar-refractivity contribution in [3.8, 4) is 0 Å². The lowest BCUT2D eigenvalue weighted by Gasteiger charge is -2.18. The first-order valence-electron chi connectivity index (χ1n) is 5.32. The van der Waals surface area contributed by atoms with Crippen LogP contribution in [0.15, 0.2) is 11.3 Å². The average molecular weight is 200 g/mol. The van der Waals surface area contributed by atoms with Crippen LogP contribution in [0.25, 0.3) is 0 Å². The van der Waals surface area contributed by atoms with Crippen LogP contribution < -0.4 is 0 Å². The minimum absolute atomic E-state index is 0.266. The maximum atomic E-state index is 9.18. The molecule has 0 aromatic carbocycles. The van der Waals surface area contributed by atoms with E-state index in [0.29, 0.717) is 0 Å². The molecule has 0 saturated heterocycles. The molecule has 0 heterocycles. The number of rotatable bonds is 6. The second kappa shape index (κ2) is 6.38. The zero-order valence-corrected chi connectivity index (χ0v) is 10.6. The van der Waals surface area contributed by atoms with Gasteiger partial charge < -0.3 is 5.11 Å². The Hall–Kier alpha value is -0.0831. The summed E-state index contributed by atoms with van der Waals surface area (Å²) in [5.41, 5.74) is 0. The van der Waals surface area contributed by atoms with Gasteiger partial charge in [0.2, 0.25) is 0 Å². The third kappa shape index (κ3) is 6.05. The molecule has 0 saturated carbocycles. The zero-order chi connectivity index (χ0) is 10.3. The van der Waals surface area contributed by atoms with E-state index in [1.165, 1.54) is 24.5 Å². The summed E-state index contributed by atoms with van der Waals surface area (Å²) in [6.07, 6.45) is 7.26. The summed E-state index contributed by atoms with van der Waals surface area (Å²) in [6.45, 7) is 9.34. The van der Waals surface area contributed by atoms with Gasteiger partial charge in [0.25, 0.3) is 0 Å². The van der Waals surface area contributed by atoms with Gasteiger partial charge in [0.1, 0.15) is 0 Å². The van der Waals surface area contributed by atoms with E-state index < -0.39 is 8.07 Å². The summed E-state index contributed by atoms with van der Waals surface area (Å²) in [4.78, 5) is 0. The molecule has 0 amide bonds. The zero-order valence-electron chi connectivity index (χ0n) is 9.56. The van der Waals surface area contributed by atoms with Gasteiger partial charge in [0.15, 0.2) is 0 Å². The predicted molar refractivity (Wildman–Crippen MR) is 62.7 cm³/mol. The van der Waals surface area contributed by atoms with Crippen LogP contribution in [-0.2, 0) is 0 Å². The van der Waals surface area contributed by atoms with Crippen molar-refractivity contribution in [3.63, 3.8) is 0 Å². The SMILES string of the molecule is CCCCCC=C(CO)[Si](C)(C)C. The van der Waals surface area contributed by atoms with Gasteiger partial charge in [-0.2, -0.15) is 0 Å². The molecular weight excluding hydrogens is 176 g/mol. The Morgan fingerprint density at radius 1 is 1.23 bits per heavy atom. The molecule has 1 N–H and O–H groups in total. The second-order valence-corrected chi connectivity index (χ2v) is 9.78. The molecule has 0 aromatic heterocycles. The van der Waals surface area contributed by atoms with Crippen LogP contribution in [-0.4, -0.2) is 19.8 Å². The van der Waals surface area contributed by atoms with Crippen LogP contribution in [0.1, 0.15) is 32.6 Å². The van der Waals surface area contributed by atoms with Gasteiger partial charge in [-0.3, -0.25) is 0 Å². The van der Waals surface area contributed by atoms with E-state index in [-0.39, 0.29) is 6.61 Å². The summed E-state index contributed by atoms with van der Waals surface area (Å²) >= 11 is 0. The fourth-order valence-corrected chi connectivity index (χ4v) is 2.51. The van der Waals surface area contributed by atoms with E-state index in [1.807, 2.05) is 0 Å². The molecule has 0 spiro atoms. The van der Waals surface area contributed by atoms with Crippen LogP contribution in [0.3, 0.4) is 0 Å². The minimum atomic E-state index is -1.24. The van der Waals surface area contributed by atoms with Crippen molar-refractivity contribution in [1.29, 1.82) is 0 Å². The number of hydrogen-bond donors (Lipinski definition) is 1. The number of allylic oxidation sites excluding steroid dienone is 1. The highest BCUT2D eigenvalue weighted by Gasteiger charge is 2.17. The highest BCUT2D eigenvalue weighted by atomic mass is 28.3. The first-order chi connectivity index (χ1) is 6.02. The molecule has 0 aliphatic heterocycles. The molecule has 0 unspecified atom stereocenters. The molecule has 0 rings (SSSR count). The minimum Gasteiger partial charge on any atom is -0.392 e. The van der Waals surface area contributed by atoms with E-state index in [1.54, 1.807) is 0 Å². The molecule has 1 nitrogen and oxygen atoms in total. The van der Waals surface area contributed by atoms with Gasteiger partial charge in [-0.25, -0.2) is 0 Å². The fraction of sp³-hybridized carbons (Fsp3) is 0.818. The van der Waals surface area contributed by atoms with Crippen molar-refractivity contribution in [2.24, 2.45) is 0 Å². The van der Waals surface area contributed by atoms with E-state index in [0.717, 1.165) is 6.42 Å². The van der Waals surface area contributed by atoms with Crippen LogP contribution in [0.2, 0.25) is 19.6 Å². The molecule has 0 aliphatic carbocycles. The lowest BCUT2D eigenvalue weighted by Crippen LogP contribution is -2.26. The molecule has 0 atom stereocenters. The molecule has 0 fully saturated rings. The van der Waals surface area contributed by atoms with Gasteiger partial charge in [0, 0.05) is 0 Å². The summed E-state index contributed by atoms with van der Waals surface area (Å²) in [7, 11) is -1.24. The molecule has 0 aliphatic rings. The van der Waals surface area contributed by atoms with Crippen molar-refractivity contribution < 1.29 is 5.11 Å². The quantitative estimate of drug-likeness (QED) is 0.515. The van der Waals surface area contributed by atoms with Crippen molar-refractivity contribution >= 4 is 8.07 Å². The normalized spacial score (nSPS) is 13.5. The monoisotopic (exact) mass is 200 g/mol. The number of unbranched alkanes of at least 4 members (excludes halogenated alkanes) is 3. The first-order valence-corrected chi connectivity index (χ1v) is 8.82. The van der Waals surface area contributed by atoms with Gasteiger partial charge in [-0.05, 0) is 12.8 Å². The topological polar surface area (TPSA) is 20.2 Å². The maximum Gasteiger partial charge on any atom is 0.0750 e. The first kappa shape index (κ1) is 12.9. The smallest absolute Gasteiger partial charge is 0.0750 e. The number of hydrogen-bond acceptors (Lipinski definition) is 1. The standard InChI is InChI=1S/C11H24OSi/c1-5-6-7-8-9-11(10-12)13(2,3)4/h9,12H,5-8,10H2,1-4H3. The van der Waals surface area contributed by atoms with Crippen molar-refractivity contribution in [2.75, 3.05) is 6.61 Å². The van der Waals surface area contributed by atoms with Crippen molar-refractivity contribution in [1.82, 2.24) is 0 Å². The number of aliphatic hydroxyl groups excluding tert-OH is 1. The van der Waals surface area contributed by atoms with Crippen LogP contribution in [0, 0.1) is 0 Å². The van der Waals surface area contributed by atoms with Gasteiger partial charge in [0.05, 0.1) is 14.7 Å². The predicted octanol–water partition coefficient (Wildman–Crippen LogP) is 3.36. The maximum absolute atomic E-state index is 9.18. The van der Waals surface area contributed by atoms with Gasteiger partial charge in [-0.1, -0.05) is 50.7 Å². The largest absolute Gasteiger partial charge is 0.392 e. The third-order valence-corrected chi connectivity index (χ3v) is 4.62. The van der Waals surface area contributed by atoms with Crippen LogP contribution in [0.4, 0.5) is 0 Å². The Bertz CT molecular complexity index is 156. The molecule has 0 aromatic rings. The summed E-state index contributed by atoms with van der Waals surface area (Å²) < 4.78 is 0. The van der Waals surface area contributed by atoms with Gasteiger partial charge in [-0.15, -0.1) is 0 Å². The third-order valence-electron chi connectivity index (χ3n) is 2.33. The lowest BCUT2D eigenvalue weighted by atomic mass is 10.2. The Balaban J connectivity index is 3.94. The molecule has 78 valence electrons. The van der Waals surface area contributed by atoms with E-state index in [9.17, 15) is 5.11 Å². The average Bonchev–Trinajstić information content (AvgIpc) is 2.02. The Morgan fingerprint density at radius 3 is 2.23 bits per heavy atom. The Morgan fingerprint density at radius 2 is 1.85 bits per heavy atom. The molecule has 0 radical (unpaired) electrons.